The van der Waals surface area contributed by atoms with Crippen molar-refractivity contribution in [2.75, 3.05) is 7.11 Å². The van der Waals surface area contributed by atoms with Crippen molar-refractivity contribution in [1.82, 2.24) is 10.1 Å². The molecule has 26 heavy (non-hydrogen) atoms. The van der Waals surface area contributed by atoms with Crippen LogP contribution >= 0.6 is 11.6 Å². The summed E-state index contributed by atoms with van der Waals surface area (Å²) in [6.45, 7) is 2.21. The van der Waals surface area contributed by atoms with Crippen LogP contribution < -0.4 is 4.74 Å². The van der Waals surface area contributed by atoms with E-state index < -0.39 is 5.38 Å². The van der Waals surface area contributed by atoms with Gasteiger partial charge in [0.2, 0.25) is 5.91 Å². The highest BCUT2D eigenvalue weighted by Crippen LogP contribution is 2.30. The molecule has 1 atom stereocenters. The number of amides is 1. The first-order valence-corrected chi connectivity index (χ1v) is 8.56. The summed E-state index contributed by atoms with van der Waals surface area (Å²) in [5.41, 5.74) is 1.41. The van der Waals surface area contributed by atoms with E-state index in [0.717, 1.165) is 5.56 Å². The molecule has 3 rings (SSSR count). The van der Waals surface area contributed by atoms with Crippen LogP contribution in [-0.2, 0) is 17.9 Å². The van der Waals surface area contributed by atoms with Gasteiger partial charge in [-0.25, -0.2) is 0 Å². The number of alkyl halides is 1. The Balaban J connectivity index is 1.81. The van der Waals surface area contributed by atoms with Crippen LogP contribution in [0, 0.1) is 0 Å². The van der Waals surface area contributed by atoms with Gasteiger partial charge in [-0.1, -0.05) is 17.3 Å². The third-order valence-electron chi connectivity index (χ3n) is 3.86. The number of carbonyl (C=O) groups is 1. The van der Waals surface area contributed by atoms with Gasteiger partial charge in [0.05, 0.1) is 32.0 Å². The Morgan fingerprint density at radius 1 is 1.27 bits per heavy atom. The quantitative estimate of drug-likeness (QED) is 0.582. The van der Waals surface area contributed by atoms with Crippen LogP contribution in [0.2, 0.25) is 0 Å². The number of aromatic nitrogens is 1. The van der Waals surface area contributed by atoms with Crippen molar-refractivity contribution in [3.05, 3.63) is 60.2 Å². The van der Waals surface area contributed by atoms with Crippen molar-refractivity contribution >= 4 is 17.5 Å². The van der Waals surface area contributed by atoms with E-state index in [4.69, 9.17) is 25.3 Å². The predicted octanol–water partition coefficient (Wildman–Crippen LogP) is 4.10. The molecule has 2 aromatic heterocycles. The Hall–Kier alpha value is -2.73. The monoisotopic (exact) mass is 374 g/mol. The molecule has 0 saturated carbocycles. The molecular weight excluding hydrogens is 356 g/mol. The second kappa shape index (κ2) is 8.10. The molecule has 2 heterocycles. The molecule has 0 aliphatic heterocycles. The van der Waals surface area contributed by atoms with Gasteiger partial charge >= 0.3 is 0 Å². The van der Waals surface area contributed by atoms with Crippen molar-refractivity contribution in [3.63, 3.8) is 0 Å². The molecule has 0 N–H and O–H groups in total. The van der Waals surface area contributed by atoms with E-state index in [1.54, 1.807) is 37.3 Å². The molecule has 1 aromatic carbocycles. The maximum absolute atomic E-state index is 12.4. The number of ether oxygens (including phenoxy) is 1. The van der Waals surface area contributed by atoms with E-state index in [1.807, 2.05) is 30.3 Å². The third kappa shape index (κ3) is 4.08. The number of nitrogens with zero attached hydrogens (tertiary/aromatic N) is 2. The molecule has 0 aliphatic rings. The molecule has 0 unspecified atom stereocenters. The third-order valence-corrected chi connectivity index (χ3v) is 4.05. The molecule has 136 valence electrons. The summed E-state index contributed by atoms with van der Waals surface area (Å²) in [5.74, 6) is 1.73. The summed E-state index contributed by atoms with van der Waals surface area (Å²) in [6.07, 6.45) is 1.57. The number of halogens is 1. The summed E-state index contributed by atoms with van der Waals surface area (Å²) in [4.78, 5) is 14.0. The molecule has 0 saturated heterocycles. The number of methoxy groups -OCH3 is 1. The Morgan fingerprint density at radius 2 is 2.08 bits per heavy atom. The van der Waals surface area contributed by atoms with Gasteiger partial charge in [-0.15, -0.1) is 11.6 Å². The van der Waals surface area contributed by atoms with Crippen LogP contribution in [0.4, 0.5) is 0 Å². The van der Waals surface area contributed by atoms with E-state index >= 15 is 0 Å². The standard InChI is InChI=1S/C19H19ClN2O4/c1-13(20)19(23)22(12-15-6-5-9-25-15)11-14-10-18(26-21-14)16-7-3-4-8-17(16)24-2/h3-10,13H,11-12H2,1-2H3/t13-/m1/s1. The van der Waals surface area contributed by atoms with Gasteiger partial charge in [0.15, 0.2) is 5.76 Å². The smallest absolute Gasteiger partial charge is 0.241 e. The second-order valence-electron chi connectivity index (χ2n) is 5.77. The highest BCUT2D eigenvalue weighted by atomic mass is 35.5. The number of para-hydroxylation sites is 1. The molecule has 0 spiro atoms. The van der Waals surface area contributed by atoms with Crippen LogP contribution in [0.3, 0.4) is 0 Å². The van der Waals surface area contributed by atoms with E-state index in [9.17, 15) is 4.79 Å². The summed E-state index contributed by atoms with van der Waals surface area (Å²) in [7, 11) is 1.60. The molecule has 1 amide bonds. The first-order chi connectivity index (χ1) is 12.6. The Morgan fingerprint density at radius 3 is 2.77 bits per heavy atom. The van der Waals surface area contributed by atoms with Crippen LogP contribution in [0.5, 0.6) is 5.75 Å². The minimum absolute atomic E-state index is 0.204. The van der Waals surface area contributed by atoms with Crippen molar-refractivity contribution < 1.29 is 18.5 Å². The molecular formula is C19H19ClN2O4. The van der Waals surface area contributed by atoms with Crippen LogP contribution in [0.15, 0.2) is 57.7 Å². The van der Waals surface area contributed by atoms with Gasteiger partial charge in [-0.3, -0.25) is 4.79 Å². The molecule has 3 aromatic rings. The molecule has 0 aliphatic carbocycles. The first-order valence-electron chi connectivity index (χ1n) is 8.12. The number of hydrogen-bond donors (Lipinski definition) is 0. The Kier molecular flexibility index (Phi) is 5.63. The normalized spacial score (nSPS) is 12.0. The fourth-order valence-corrected chi connectivity index (χ4v) is 2.75. The predicted molar refractivity (Wildman–Crippen MR) is 96.8 cm³/mol. The Labute approximate surface area is 156 Å². The van der Waals surface area contributed by atoms with Gasteiger partial charge in [-0.05, 0) is 31.2 Å². The summed E-state index contributed by atoms with van der Waals surface area (Å²) in [5, 5.41) is 3.43. The highest BCUT2D eigenvalue weighted by molar-refractivity contribution is 6.30. The molecule has 0 fully saturated rings. The van der Waals surface area contributed by atoms with Crippen molar-refractivity contribution in [2.45, 2.75) is 25.4 Å². The minimum Gasteiger partial charge on any atom is -0.496 e. The molecule has 6 nitrogen and oxygen atoms in total. The van der Waals surface area contributed by atoms with Gasteiger partial charge < -0.3 is 18.6 Å². The summed E-state index contributed by atoms with van der Waals surface area (Å²) in [6, 6.07) is 12.9. The molecule has 7 heteroatoms. The topological polar surface area (TPSA) is 68.7 Å². The van der Waals surface area contributed by atoms with Crippen molar-refractivity contribution in [3.8, 4) is 17.1 Å². The first kappa shape index (κ1) is 18.1. The fourth-order valence-electron chi connectivity index (χ4n) is 2.61. The lowest BCUT2D eigenvalue weighted by atomic mass is 10.1. The highest BCUT2D eigenvalue weighted by Gasteiger charge is 2.22. The van der Waals surface area contributed by atoms with Crippen LogP contribution in [-0.4, -0.2) is 28.5 Å². The zero-order valence-corrected chi connectivity index (χ0v) is 15.3. The lowest BCUT2D eigenvalue weighted by Gasteiger charge is -2.21. The zero-order chi connectivity index (χ0) is 18.5. The maximum atomic E-state index is 12.4. The summed E-state index contributed by atoms with van der Waals surface area (Å²) < 4.78 is 16.1. The van der Waals surface area contributed by atoms with Gasteiger partial charge in [-0.2, -0.15) is 0 Å². The van der Waals surface area contributed by atoms with Crippen LogP contribution in [0.1, 0.15) is 18.4 Å². The van der Waals surface area contributed by atoms with Crippen molar-refractivity contribution in [2.24, 2.45) is 0 Å². The number of benzene rings is 1. The number of rotatable bonds is 7. The van der Waals surface area contributed by atoms with E-state index in [-0.39, 0.29) is 12.5 Å². The summed E-state index contributed by atoms with van der Waals surface area (Å²) >= 11 is 5.99. The van der Waals surface area contributed by atoms with Crippen LogP contribution in [0.25, 0.3) is 11.3 Å². The fraction of sp³-hybridized carbons (Fsp3) is 0.263. The Bertz CT molecular complexity index is 858. The number of hydrogen-bond acceptors (Lipinski definition) is 5. The van der Waals surface area contributed by atoms with E-state index in [1.165, 1.54) is 0 Å². The van der Waals surface area contributed by atoms with Crippen molar-refractivity contribution in [1.29, 1.82) is 0 Å². The van der Waals surface area contributed by atoms with Gasteiger partial charge in [0.1, 0.15) is 22.6 Å². The average Bonchev–Trinajstić information content (AvgIpc) is 3.32. The number of carbonyl (C=O) groups excluding carboxylic acids is 1. The SMILES string of the molecule is COc1ccccc1-c1cc(CN(Cc2ccco2)C(=O)[C@@H](C)Cl)no1. The second-order valence-corrected chi connectivity index (χ2v) is 6.43. The van der Waals surface area contributed by atoms with E-state index in [0.29, 0.717) is 29.5 Å². The zero-order valence-electron chi connectivity index (χ0n) is 14.5. The van der Waals surface area contributed by atoms with E-state index in [2.05, 4.69) is 5.16 Å². The minimum atomic E-state index is -0.648. The number of furan rings is 1. The lowest BCUT2D eigenvalue weighted by Crippen LogP contribution is -2.34. The van der Waals surface area contributed by atoms with Gasteiger partial charge in [0.25, 0.3) is 0 Å². The average molecular weight is 375 g/mol. The molecule has 0 radical (unpaired) electrons. The maximum Gasteiger partial charge on any atom is 0.241 e. The largest absolute Gasteiger partial charge is 0.496 e. The molecule has 0 bridgehead atoms. The lowest BCUT2D eigenvalue weighted by molar-refractivity contribution is -0.132. The van der Waals surface area contributed by atoms with Gasteiger partial charge in [0, 0.05) is 6.07 Å².